The summed E-state index contributed by atoms with van der Waals surface area (Å²) in [5, 5.41) is 1.43. The number of nitrogens with zero attached hydrogens (tertiary/aromatic N) is 1. The molecule has 1 saturated carbocycles. The van der Waals surface area contributed by atoms with Crippen LogP contribution in [-0.4, -0.2) is 22.7 Å². The number of imide groups is 1. The van der Waals surface area contributed by atoms with Crippen LogP contribution in [-0.2, 0) is 9.59 Å². The first-order valence-corrected chi connectivity index (χ1v) is 8.05. The highest BCUT2D eigenvalue weighted by Gasteiger charge is 2.59. The molecule has 1 aromatic rings. The molecule has 23 heavy (non-hydrogen) atoms. The van der Waals surface area contributed by atoms with Crippen LogP contribution in [0.3, 0.4) is 0 Å². The van der Waals surface area contributed by atoms with Gasteiger partial charge in [-0.3, -0.25) is 19.8 Å². The lowest BCUT2D eigenvalue weighted by molar-refractivity contribution is -0.143. The number of benzene rings is 1. The standard InChI is InChI=1S/C16H12Cl2N2O3/c17-10-4-3-9(6-11(10)18)14(21)19-20-15(22)12-7-1-2-8(5-7)13(12)16(20)23/h1-4,6-8,12-13H,5H2,(H,19,21)/t7-,8-,12-,13-/m0/s1. The highest BCUT2D eigenvalue weighted by Crippen LogP contribution is 2.52. The van der Waals surface area contributed by atoms with Crippen molar-refractivity contribution in [2.24, 2.45) is 23.7 Å². The zero-order chi connectivity index (χ0) is 16.3. The van der Waals surface area contributed by atoms with Gasteiger partial charge in [-0.05, 0) is 36.5 Å². The zero-order valence-electron chi connectivity index (χ0n) is 11.8. The molecule has 1 aliphatic heterocycles. The quantitative estimate of drug-likeness (QED) is 0.658. The molecule has 3 amide bonds. The van der Waals surface area contributed by atoms with Gasteiger partial charge >= 0.3 is 0 Å². The molecule has 118 valence electrons. The minimum Gasteiger partial charge on any atom is -0.272 e. The number of hydrazine groups is 1. The Balaban J connectivity index is 1.55. The molecule has 0 unspecified atom stereocenters. The van der Waals surface area contributed by atoms with Crippen LogP contribution in [0.25, 0.3) is 0 Å². The molecular formula is C16H12Cl2N2O3. The Morgan fingerprint density at radius 3 is 2.22 bits per heavy atom. The molecule has 0 spiro atoms. The van der Waals surface area contributed by atoms with E-state index in [1.165, 1.54) is 18.2 Å². The monoisotopic (exact) mass is 350 g/mol. The first kappa shape index (κ1) is 14.7. The molecule has 1 heterocycles. The fourth-order valence-electron chi connectivity index (χ4n) is 3.82. The molecule has 5 nitrogen and oxygen atoms in total. The van der Waals surface area contributed by atoms with Gasteiger partial charge in [0.1, 0.15) is 0 Å². The lowest BCUT2D eigenvalue weighted by Crippen LogP contribution is -2.47. The van der Waals surface area contributed by atoms with Gasteiger partial charge in [-0.15, -0.1) is 0 Å². The average Bonchev–Trinajstić information content (AvgIpc) is 3.19. The van der Waals surface area contributed by atoms with E-state index >= 15 is 0 Å². The van der Waals surface area contributed by atoms with E-state index in [0.29, 0.717) is 5.02 Å². The summed E-state index contributed by atoms with van der Waals surface area (Å²) in [4.78, 5) is 37.2. The zero-order valence-corrected chi connectivity index (χ0v) is 13.3. The van der Waals surface area contributed by atoms with Gasteiger partial charge in [0.15, 0.2) is 0 Å². The molecule has 0 radical (unpaired) electrons. The fourth-order valence-corrected chi connectivity index (χ4v) is 4.11. The highest BCUT2D eigenvalue weighted by molar-refractivity contribution is 6.42. The number of fused-ring (bicyclic) bond motifs is 5. The van der Waals surface area contributed by atoms with Crippen LogP contribution in [0.15, 0.2) is 30.4 Å². The number of nitrogens with one attached hydrogen (secondary N) is 1. The summed E-state index contributed by atoms with van der Waals surface area (Å²) in [6, 6.07) is 4.38. The van der Waals surface area contributed by atoms with Crippen molar-refractivity contribution in [2.45, 2.75) is 6.42 Å². The van der Waals surface area contributed by atoms with Crippen molar-refractivity contribution >= 4 is 40.9 Å². The predicted octanol–water partition coefficient (Wildman–Crippen LogP) is 2.45. The Bertz CT molecular complexity index is 747. The van der Waals surface area contributed by atoms with Crippen molar-refractivity contribution in [2.75, 3.05) is 0 Å². The third-order valence-corrected chi connectivity index (χ3v) is 5.60. The second kappa shape index (κ2) is 5.08. The lowest BCUT2D eigenvalue weighted by Gasteiger charge is -2.18. The van der Waals surface area contributed by atoms with E-state index in [4.69, 9.17) is 23.2 Å². The van der Waals surface area contributed by atoms with Crippen LogP contribution in [0.5, 0.6) is 0 Å². The van der Waals surface area contributed by atoms with E-state index < -0.39 is 5.91 Å². The average molecular weight is 351 g/mol. The number of hydrogen-bond acceptors (Lipinski definition) is 3. The van der Waals surface area contributed by atoms with Gasteiger partial charge in [0.05, 0.1) is 21.9 Å². The molecule has 7 heteroatoms. The van der Waals surface area contributed by atoms with E-state index in [-0.39, 0.29) is 46.1 Å². The number of carbonyl (C=O) groups excluding carboxylic acids is 3. The van der Waals surface area contributed by atoms with Gasteiger partial charge in [-0.25, -0.2) is 0 Å². The first-order chi connectivity index (χ1) is 11.0. The summed E-state index contributed by atoms with van der Waals surface area (Å²) >= 11 is 11.7. The molecule has 2 bridgehead atoms. The maximum absolute atomic E-state index is 12.5. The van der Waals surface area contributed by atoms with Gasteiger partial charge in [-0.2, -0.15) is 5.01 Å². The van der Waals surface area contributed by atoms with Gasteiger partial charge in [0.25, 0.3) is 17.7 Å². The molecule has 4 rings (SSSR count). The lowest BCUT2D eigenvalue weighted by atomic mass is 9.85. The number of rotatable bonds is 2. The third-order valence-electron chi connectivity index (χ3n) is 4.87. The van der Waals surface area contributed by atoms with Gasteiger partial charge in [0, 0.05) is 5.56 Å². The molecule has 2 fully saturated rings. The van der Waals surface area contributed by atoms with E-state index in [2.05, 4.69) is 5.43 Å². The SMILES string of the molecule is O=C(NN1C(=O)[C@@H]2[C@@H](C1=O)[C@H]1C=C[C@H]2C1)c1ccc(Cl)c(Cl)c1. The molecule has 1 N–H and O–H groups in total. The molecule has 0 aromatic heterocycles. The summed E-state index contributed by atoms with van der Waals surface area (Å²) in [7, 11) is 0. The first-order valence-electron chi connectivity index (χ1n) is 7.29. The van der Waals surface area contributed by atoms with E-state index in [1.54, 1.807) is 0 Å². The van der Waals surface area contributed by atoms with Crippen molar-refractivity contribution in [3.63, 3.8) is 0 Å². The van der Waals surface area contributed by atoms with Crippen LogP contribution in [0.2, 0.25) is 10.0 Å². The van der Waals surface area contributed by atoms with Crippen molar-refractivity contribution in [1.29, 1.82) is 0 Å². The van der Waals surface area contributed by atoms with Crippen LogP contribution in [0, 0.1) is 23.7 Å². The van der Waals surface area contributed by atoms with Crippen LogP contribution in [0.1, 0.15) is 16.8 Å². The predicted molar refractivity (Wildman–Crippen MR) is 83.5 cm³/mol. The molecule has 3 aliphatic rings. The minimum atomic E-state index is -0.564. The Labute approximate surface area is 142 Å². The maximum atomic E-state index is 12.5. The topological polar surface area (TPSA) is 66.5 Å². The van der Waals surface area contributed by atoms with Crippen molar-refractivity contribution in [3.05, 3.63) is 46.0 Å². The van der Waals surface area contributed by atoms with E-state index in [0.717, 1.165) is 11.4 Å². The Kier molecular flexibility index (Phi) is 3.25. The number of allylic oxidation sites excluding steroid dienone is 2. The highest BCUT2D eigenvalue weighted by atomic mass is 35.5. The second-order valence-electron chi connectivity index (χ2n) is 6.08. The summed E-state index contributed by atoms with van der Waals surface area (Å²) in [5.41, 5.74) is 2.64. The largest absolute Gasteiger partial charge is 0.272 e. The van der Waals surface area contributed by atoms with Gasteiger partial charge in [0.2, 0.25) is 0 Å². The van der Waals surface area contributed by atoms with Crippen LogP contribution in [0.4, 0.5) is 0 Å². The van der Waals surface area contributed by atoms with E-state index in [9.17, 15) is 14.4 Å². The molecule has 4 atom stereocenters. The van der Waals surface area contributed by atoms with Crippen LogP contribution >= 0.6 is 23.2 Å². The number of hydrogen-bond donors (Lipinski definition) is 1. The summed E-state index contributed by atoms with van der Waals surface area (Å²) in [5.74, 6) is -1.69. The number of halogens is 2. The molecule has 1 aromatic carbocycles. The van der Waals surface area contributed by atoms with Crippen molar-refractivity contribution in [1.82, 2.24) is 10.4 Å². The van der Waals surface area contributed by atoms with Crippen LogP contribution < -0.4 is 5.43 Å². The van der Waals surface area contributed by atoms with Gasteiger partial charge < -0.3 is 0 Å². The number of amides is 3. The fraction of sp³-hybridized carbons (Fsp3) is 0.312. The molecule has 2 aliphatic carbocycles. The maximum Gasteiger partial charge on any atom is 0.270 e. The Hall–Kier alpha value is -1.85. The minimum absolute atomic E-state index is 0.105. The molecule has 1 saturated heterocycles. The smallest absolute Gasteiger partial charge is 0.270 e. The normalized spacial score (nSPS) is 31.0. The summed E-state index contributed by atoms with van der Waals surface area (Å²) < 4.78 is 0. The van der Waals surface area contributed by atoms with Crippen molar-refractivity contribution in [3.8, 4) is 0 Å². The van der Waals surface area contributed by atoms with Crippen molar-refractivity contribution < 1.29 is 14.4 Å². The Morgan fingerprint density at radius 2 is 1.65 bits per heavy atom. The summed E-state index contributed by atoms with van der Waals surface area (Å²) in [6.45, 7) is 0. The Morgan fingerprint density at radius 1 is 1.04 bits per heavy atom. The second-order valence-corrected chi connectivity index (χ2v) is 6.90. The third kappa shape index (κ3) is 2.11. The number of carbonyl (C=O) groups is 3. The van der Waals surface area contributed by atoms with Gasteiger partial charge in [-0.1, -0.05) is 35.4 Å². The molecular weight excluding hydrogens is 339 g/mol. The van der Waals surface area contributed by atoms with E-state index in [1.807, 2.05) is 12.2 Å². The summed E-state index contributed by atoms with van der Waals surface area (Å²) in [6.07, 6.45) is 4.85.